The second kappa shape index (κ2) is 9.11. The minimum absolute atomic E-state index is 0.139. The summed E-state index contributed by atoms with van der Waals surface area (Å²) in [5.74, 6) is -0.203. The Morgan fingerprint density at radius 1 is 1.47 bits per heavy atom. The van der Waals surface area contributed by atoms with Gasteiger partial charge in [-0.2, -0.15) is 8.42 Å². The first-order valence-corrected chi connectivity index (χ1v) is 6.11. The molecule has 0 saturated carbocycles. The van der Waals surface area contributed by atoms with Crippen LogP contribution in [-0.4, -0.2) is 39.2 Å². The van der Waals surface area contributed by atoms with Crippen molar-refractivity contribution in [3.8, 4) is 0 Å². The highest BCUT2D eigenvalue weighted by Crippen LogP contribution is 2.07. The average Bonchev–Trinajstić information content (AvgIpc) is 2.24. The zero-order valence-corrected chi connectivity index (χ0v) is 11.0. The maximum Gasteiger partial charge on any atom is 0.397 e. The van der Waals surface area contributed by atoms with Crippen LogP contribution >= 0.6 is 0 Å². The highest BCUT2D eigenvalue weighted by Gasteiger charge is 2.10. The molecule has 0 aromatic heterocycles. The molecule has 17 heavy (non-hydrogen) atoms. The average molecular weight is 269 g/mol. The van der Waals surface area contributed by atoms with Gasteiger partial charge in [0.1, 0.15) is 6.61 Å². The topological polar surface area (TPSA) is 116 Å². The molecule has 0 bridgehead atoms. The van der Waals surface area contributed by atoms with E-state index in [1.54, 1.807) is 0 Å². The van der Waals surface area contributed by atoms with Crippen LogP contribution in [0.15, 0.2) is 12.2 Å². The van der Waals surface area contributed by atoms with E-state index in [2.05, 4.69) is 10.8 Å². The Morgan fingerprint density at radius 3 is 2.12 bits per heavy atom. The Morgan fingerprint density at radius 2 is 1.88 bits per heavy atom. The van der Waals surface area contributed by atoms with Gasteiger partial charge in [-0.05, 0) is 5.92 Å². The molecule has 0 heterocycles. The van der Waals surface area contributed by atoms with Crippen molar-refractivity contribution in [1.29, 1.82) is 0 Å². The summed E-state index contributed by atoms with van der Waals surface area (Å²) in [6, 6.07) is 0. The lowest BCUT2D eigenvalue weighted by molar-refractivity contribution is -0.139. The van der Waals surface area contributed by atoms with Crippen molar-refractivity contribution in [1.82, 2.24) is 0 Å². The third-order valence-corrected chi connectivity index (χ3v) is 1.94. The van der Waals surface area contributed by atoms with Crippen molar-refractivity contribution >= 4 is 16.4 Å². The Bertz CT molecular complexity index is 335. The van der Waals surface area contributed by atoms with Gasteiger partial charge < -0.3 is 10.5 Å². The maximum atomic E-state index is 11.0. The van der Waals surface area contributed by atoms with Crippen LogP contribution in [-0.2, 0) is 24.1 Å². The van der Waals surface area contributed by atoms with Crippen LogP contribution in [0.2, 0.25) is 0 Å². The number of carbonyl (C=O) groups is 1. The highest BCUT2D eigenvalue weighted by molar-refractivity contribution is 7.80. The third kappa shape index (κ3) is 13.0. The number of hydrogen-bond acceptors (Lipinski definition) is 6. The third-order valence-electron chi connectivity index (χ3n) is 1.52. The first-order valence-electron chi connectivity index (χ1n) is 4.74. The standard InChI is InChI=1S/C8H15NO2.CH4O4S/c1-6(2)7(3)8(10)11-5-4-9;1-5-6(2,3)4/h6H,3-5,9H2,1-2H3;1H3,(H,2,3,4). The lowest BCUT2D eigenvalue weighted by Gasteiger charge is -2.07. The summed E-state index contributed by atoms with van der Waals surface area (Å²) in [4.78, 5) is 11.0. The molecule has 0 amide bonds. The van der Waals surface area contributed by atoms with Gasteiger partial charge in [0.15, 0.2) is 0 Å². The maximum absolute atomic E-state index is 11.0. The highest BCUT2D eigenvalue weighted by atomic mass is 32.3. The van der Waals surface area contributed by atoms with Crippen LogP contribution in [0.4, 0.5) is 0 Å². The molecule has 0 aliphatic carbocycles. The summed E-state index contributed by atoms with van der Waals surface area (Å²) < 4.78 is 34.5. The summed E-state index contributed by atoms with van der Waals surface area (Å²) in [5, 5.41) is 0. The van der Waals surface area contributed by atoms with Gasteiger partial charge in [0.2, 0.25) is 0 Å². The first-order chi connectivity index (χ1) is 7.65. The van der Waals surface area contributed by atoms with E-state index in [4.69, 9.17) is 15.0 Å². The number of hydrogen-bond donors (Lipinski definition) is 2. The predicted molar refractivity (Wildman–Crippen MR) is 62.5 cm³/mol. The van der Waals surface area contributed by atoms with E-state index in [1.807, 2.05) is 13.8 Å². The molecule has 0 fully saturated rings. The fourth-order valence-corrected chi connectivity index (χ4v) is 0.480. The molecule has 0 aromatic carbocycles. The van der Waals surface area contributed by atoms with Crippen LogP contribution in [0.25, 0.3) is 0 Å². The molecule has 0 atom stereocenters. The van der Waals surface area contributed by atoms with Gasteiger partial charge in [-0.15, -0.1) is 0 Å². The van der Waals surface area contributed by atoms with E-state index in [1.165, 1.54) is 0 Å². The van der Waals surface area contributed by atoms with E-state index in [9.17, 15) is 13.2 Å². The number of nitrogens with two attached hydrogens (primary N) is 1. The lowest BCUT2D eigenvalue weighted by atomic mass is 10.1. The van der Waals surface area contributed by atoms with E-state index in [0.29, 0.717) is 12.1 Å². The minimum Gasteiger partial charge on any atom is -0.461 e. The van der Waals surface area contributed by atoms with Crippen molar-refractivity contribution in [3.63, 3.8) is 0 Å². The molecule has 0 radical (unpaired) electrons. The summed E-state index contributed by atoms with van der Waals surface area (Å²) in [7, 11) is -3.29. The van der Waals surface area contributed by atoms with Crippen molar-refractivity contribution in [3.05, 3.63) is 12.2 Å². The quantitative estimate of drug-likeness (QED) is 0.414. The van der Waals surface area contributed by atoms with Gasteiger partial charge in [-0.1, -0.05) is 20.4 Å². The smallest absolute Gasteiger partial charge is 0.397 e. The Labute approximate surface area is 102 Å². The SMILES string of the molecule is C=C(C(=O)OCCN)C(C)C.COS(=O)(=O)O. The molecule has 8 heteroatoms. The van der Waals surface area contributed by atoms with E-state index in [-0.39, 0.29) is 18.5 Å². The van der Waals surface area contributed by atoms with Gasteiger partial charge in [0, 0.05) is 12.1 Å². The lowest BCUT2D eigenvalue weighted by Crippen LogP contribution is -2.16. The number of ether oxygens (including phenoxy) is 1. The van der Waals surface area contributed by atoms with Crippen LogP contribution in [0.5, 0.6) is 0 Å². The van der Waals surface area contributed by atoms with Crippen molar-refractivity contribution in [2.45, 2.75) is 13.8 Å². The second-order valence-corrected chi connectivity index (χ2v) is 4.39. The Kier molecular flexibility index (Phi) is 9.86. The van der Waals surface area contributed by atoms with Crippen LogP contribution in [0, 0.1) is 5.92 Å². The summed E-state index contributed by atoms with van der Waals surface area (Å²) in [6.07, 6.45) is 0. The van der Waals surface area contributed by atoms with Crippen LogP contribution in [0.1, 0.15) is 13.8 Å². The van der Waals surface area contributed by atoms with E-state index < -0.39 is 10.4 Å². The van der Waals surface area contributed by atoms with Gasteiger partial charge in [0.25, 0.3) is 0 Å². The first kappa shape index (κ1) is 18.4. The number of esters is 1. The van der Waals surface area contributed by atoms with Gasteiger partial charge >= 0.3 is 16.4 Å². The predicted octanol–water partition coefficient (Wildman–Crippen LogP) is 0.136. The Hall–Kier alpha value is -0.960. The molecule has 3 N–H and O–H groups in total. The van der Waals surface area contributed by atoms with Gasteiger partial charge in [-0.3, -0.25) is 8.74 Å². The number of rotatable bonds is 5. The van der Waals surface area contributed by atoms with Crippen molar-refractivity contribution < 1.29 is 26.7 Å². The normalized spacial score (nSPS) is 10.5. The van der Waals surface area contributed by atoms with Gasteiger partial charge in [-0.25, -0.2) is 4.79 Å². The molecule has 0 spiro atoms. The molecule has 0 aliphatic heterocycles. The molecular weight excluding hydrogens is 250 g/mol. The largest absolute Gasteiger partial charge is 0.461 e. The zero-order chi connectivity index (χ0) is 14.1. The number of carbonyl (C=O) groups excluding carboxylic acids is 1. The summed E-state index contributed by atoms with van der Waals surface area (Å²) in [6.45, 7) is 8.01. The van der Waals surface area contributed by atoms with Crippen molar-refractivity contribution in [2.24, 2.45) is 11.7 Å². The molecule has 0 aliphatic rings. The van der Waals surface area contributed by atoms with Crippen LogP contribution in [0.3, 0.4) is 0 Å². The van der Waals surface area contributed by atoms with Crippen molar-refractivity contribution in [2.75, 3.05) is 20.3 Å². The summed E-state index contributed by atoms with van der Waals surface area (Å²) >= 11 is 0. The van der Waals surface area contributed by atoms with E-state index in [0.717, 1.165) is 7.11 Å². The summed E-state index contributed by atoms with van der Waals surface area (Å²) in [5.41, 5.74) is 5.64. The van der Waals surface area contributed by atoms with Gasteiger partial charge in [0.05, 0.1) is 7.11 Å². The molecule has 0 saturated heterocycles. The van der Waals surface area contributed by atoms with E-state index >= 15 is 0 Å². The fourth-order valence-electron chi connectivity index (χ4n) is 0.480. The molecule has 102 valence electrons. The molecule has 0 rings (SSSR count). The fraction of sp³-hybridized carbons (Fsp3) is 0.667. The molecule has 0 unspecified atom stereocenters. The minimum atomic E-state index is -4.16. The van der Waals surface area contributed by atoms with Crippen LogP contribution < -0.4 is 5.73 Å². The second-order valence-electron chi connectivity index (χ2n) is 3.20. The Balaban J connectivity index is 0. The monoisotopic (exact) mass is 269 g/mol. The zero-order valence-electron chi connectivity index (χ0n) is 10.2. The molecular formula is C9H19NO6S. The molecule has 7 nitrogen and oxygen atoms in total. The molecule has 0 aromatic rings.